The van der Waals surface area contributed by atoms with Crippen LogP contribution in [0.3, 0.4) is 0 Å². The van der Waals surface area contributed by atoms with Gasteiger partial charge in [0, 0.05) is 10.8 Å². The van der Waals surface area contributed by atoms with Crippen molar-refractivity contribution in [3.63, 3.8) is 0 Å². The maximum atomic E-state index is 13.7. The minimum absolute atomic E-state index is 0.00213. The second-order valence-corrected chi connectivity index (χ2v) is 8.76. The van der Waals surface area contributed by atoms with Gasteiger partial charge in [-0.05, 0) is 36.0 Å². The lowest BCUT2D eigenvalue weighted by atomic mass is 10.1. The van der Waals surface area contributed by atoms with Gasteiger partial charge in [0.15, 0.2) is 0 Å². The second kappa shape index (κ2) is 7.84. The number of ether oxygens (including phenoxy) is 1. The molecule has 0 atom stereocenters. The Bertz CT molecular complexity index is 1330. The number of phenolic OH excluding ortho intramolecular Hbond substituents is 1. The van der Waals surface area contributed by atoms with Crippen LogP contribution >= 0.6 is 11.8 Å². The Labute approximate surface area is 175 Å². The molecule has 3 N–H and O–H groups in total. The highest BCUT2D eigenvalue weighted by atomic mass is 32.2. The van der Waals surface area contributed by atoms with E-state index >= 15 is 0 Å². The number of H-pyrrole nitrogens is 1. The molecule has 0 aliphatic carbocycles. The molecule has 0 spiro atoms. The summed E-state index contributed by atoms with van der Waals surface area (Å²) in [5, 5.41) is 18.4. The smallest absolute Gasteiger partial charge is 0.265 e. The molecule has 0 saturated carbocycles. The number of aromatic nitrogens is 3. The van der Waals surface area contributed by atoms with E-state index in [0.29, 0.717) is 20.8 Å². The summed E-state index contributed by atoms with van der Waals surface area (Å²) in [6.45, 7) is 0. The average molecular weight is 446 g/mol. The minimum Gasteiger partial charge on any atom is -0.506 e. The fraction of sp³-hybridized carbons (Fsp3) is 0.0526. The highest BCUT2D eigenvalue weighted by Crippen LogP contribution is 2.42. The summed E-state index contributed by atoms with van der Waals surface area (Å²) in [5.74, 6) is -0.749. The van der Waals surface area contributed by atoms with Crippen LogP contribution in [0.1, 0.15) is 0 Å². The van der Waals surface area contributed by atoms with Crippen LogP contribution in [0.5, 0.6) is 11.5 Å². The summed E-state index contributed by atoms with van der Waals surface area (Å²) in [6.07, 6.45) is 1.39. The molecule has 1 aromatic heterocycles. The Morgan fingerprint density at radius 2 is 1.93 bits per heavy atom. The van der Waals surface area contributed by atoms with E-state index in [9.17, 15) is 17.9 Å². The van der Waals surface area contributed by atoms with Gasteiger partial charge in [-0.25, -0.2) is 17.8 Å². The highest BCUT2D eigenvalue weighted by molar-refractivity contribution is 7.99. The quantitative estimate of drug-likeness (QED) is 0.386. The maximum absolute atomic E-state index is 13.7. The molecule has 0 unspecified atom stereocenters. The van der Waals surface area contributed by atoms with Crippen molar-refractivity contribution in [2.24, 2.45) is 0 Å². The van der Waals surface area contributed by atoms with Gasteiger partial charge in [-0.15, -0.1) is 5.10 Å². The third-order valence-electron chi connectivity index (χ3n) is 4.23. The molecule has 3 aromatic carbocycles. The number of anilines is 1. The van der Waals surface area contributed by atoms with E-state index < -0.39 is 15.8 Å². The number of hydrogen-bond donors (Lipinski definition) is 3. The van der Waals surface area contributed by atoms with Gasteiger partial charge in [0.2, 0.25) is 5.16 Å². The van der Waals surface area contributed by atoms with Crippen molar-refractivity contribution in [3.05, 3.63) is 60.7 Å². The van der Waals surface area contributed by atoms with Crippen LogP contribution in [0.15, 0.2) is 69.8 Å². The normalized spacial score (nSPS) is 11.5. The molecular weight excluding hydrogens is 431 g/mol. The Balaban J connectivity index is 1.84. The molecule has 0 radical (unpaired) electrons. The number of nitrogens with zero attached hydrogens (tertiary/aromatic N) is 2. The van der Waals surface area contributed by atoms with Crippen molar-refractivity contribution >= 4 is 38.2 Å². The third kappa shape index (κ3) is 3.76. The van der Waals surface area contributed by atoms with Gasteiger partial charge in [0.25, 0.3) is 10.0 Å². The molecule has 1 heterocycles. The van der Waals surface area contributed by atoms with Crippen LogP contribution in [0.4, 0.5) is 10.1 Å². The topological polar surface area (TPSA) is 117 Å². The zero-order chi connectivity index (χ0) is 21.3. The number of hydrogen-bond acceptors (Lipinski definition) is 7. The van der Waals surface area contributed by atoms with E-state index in [1.54, 1.807) is 24.3 Å². The highest BCUT2D eigenvalue weighted by Gasteiger charge is 2.23. The zero-order valence-corrected chi connectivity index (χ0v) is 17.1. The number of rotatable bonds is 6. The number of methoxy groups -OCH3 is 1. The van der Waals surface area contributed by atoms with Gasteiger partial charge in [0.1, 0.15) is 28.5 Å². The first kappa shape index (κ1) is 20.0. The zero-order valence-electron chi connectivity index (χ0n) is 15.5. The van der Waals surface area contributed by atoms with Gasteiger partial charge in [0.05, 0.1) is 17.7 Å². The molecule has 30 heavy (non-hydrogen) atoms. The fourth-order valence-electron chi connectivity index (χ4n) is 2.90. The molecule has 8 nitrogen and oxygen atoms in total. The summed E-state index contributed by atoms with van der Waals surface area (Å²) in [4.78, 5) is 4.01. The fourth-order valence-corrected chi connectivity index (χ4v) is 4.94. The largest absolute Gasteiger partial charge is 0.506 e. The van der Waals surface area contributed by atoms with Crippen molar-refractivity contribution in [1.29, 1.82) is 0 Å². The molecule has 0 aliphatic rings. The monoisotopic (exact) mass is 446 g/mol. The van der Waals surface area contributed by atoms with E-state index in [-0.39, 0.29) is 22.1 Å². The number of phenols is 1. The SMILES string of the molecule is COc1ccc(F)cc1S(=O)(=O)Nc1cc(Sc2nc[nH]n2)c(O)c2ccccc12. The average Bonchev–Trinajstić information content (AvgIpc) is 3.24. The molecule has 0 fully saturated rings. The van der Waals surface area contributed by atoms with Gasteiger partial charge in [-0.3, -0.25) is 9.82 Å². The molecular formula is C19H15FN4O4S2. The Morgan fingerprint density at radius 1 is 1.17 bits per heavy atom. The van der Waals surface area contributed by atoms with Crippen LogP contribution in [-0.4, -0.2) is 35.8 Å². The predicted octanol–water partition coefficient (Wildman–Crippen LogP) is 3.76. The molecule has 154 valence electrons. The molecule has 0 aliphatic heterocycles. The molecule has 4 rings (SSSR count). The van der Waals surface area contributed by atoms with Crippen molar-refractivity contribution < 1.29 is 22.7 Å². The Hall–Kier alpha value is -3.31. The standard InChI is InChI=1S/C19H15FN4O4S2/c1-28-15-7-6-11(20)8-17(15)30(26,27)24-14-9-16(29-19-21-10-22-23-19)18(25)13-5-3-2-4-12(13)14/h2-10,24-25H,1H3,(H,21,22,23). The number of halogens is 1. The van der Waals surface area contributed by atoms with Crippen molar-refractivity contribution in [3.8, 4) is 11.5 Å². The summed E-state index contributed by atoms with van der Waals surface area (Å²) < 4.78 is 47.4. The number of nitrogens with one attached hydrogen (secondary N) is 2. The summed E-state index contributed by atoms with van der Waals surface area (Å²) in [7, 11) is -2.91. The first-order chi connectivity index (χ1) is 14.4. The molecule has 0 amide bonds. The third-order valence-corrected chi connectivity index (χ3v) is 6.53. The van der Waals surface area contributed by atoms with E-state index in [0.717, 1.165) is 23.9 Å². The van der Waals surface area contributed by atoms with Gasteiger partial charge < -0.3 is 9.84 Å². The summed E-state index contributed by atoms with van der Waals surface area (Å²) in [6, 6.07) is 11.5. The number of sulfonamides is 1. The lowest BCUT2D eigenvalue weighted by molar-refractivity contribution is 0.401. The van der Waals surface area contributed by atoms with Crippen LogP contribution in [-0.2, 0) is 10.0 Å². The lowest BCUT2D eigenvalue weighted by Gasteiger charge is -2.15. The maximum Gasteiger partial charge on any atom is 0.265 e. The molecule has 11 heteroatoms. The van der Waals surface area contributed by atoms with Crippen molar-refractivity contribution in [1.82, 2.24) is 15.2 Å². The van der Waals surface area contributed by atoms with Crippen LogP contribution < -0.4 is 9.46 Å². The molecule has 0 bridgehead atoms. The van der Waals surface area contributed by atoms with E-state index in [2.05, 4.69) is 19.9 Å². The van der Waals surface area contributed by atoms with Gasteiger partial charge in [-0.2, -0.15) is 0 Å². The first-order valence-corrected chi connectivity index (χ1v) is 10.8. The van der Waals surface area contributed by atoms with E-state index in [4.69, 9.17) is 4.74 Å². The van der Waals surface area contributed by atoms with Crippen molar-refractivity contribution in [2.75, 3.05) is 11.8 Å². The van der Waals surface area contributed by atoms with Gasteiger partial charge >= 0.3 is 0 Å². The van der Waals surface area contributed by atoms with Crippen LogP contribution in [0.2, 0.25) is 0 Å². The summed E-state index contributed by atoms with van der Waals surface area (Å²) in [5.41, 5.74) is 0.202. The number of fused-ring (bicyclic) bond motifs is 1. The lowest BCUT2D eigenvalue weighted by Crippen LogP contribution is -2.14. The Kier molecular flexibility index (Phi) is 5.22. The van der Waals surface area contributed by atoms with Crippen molar-refractivity contribution in [2.45, 2.75) is 14.9 Å². The van der Waals surface area contributed by atoms with E-state index in [1.165, 1.54) is 25.6 Å². The van der Waals surface area contributed by atoms with E-state index in [1.807, 2.05) is 0 Å². The molecule has 0 saturated heterocycles. The predicted molar refractivity (Wildman–Crippen MR) is 110 cm³/mol. The first-order valence-electron chi connectivity index (χ1n) is 8.54. The number of aromatic amines is 1. The van der Waals surface area contributed by atoms with Gasteiger partial charge in [-0.1, -0.05) is 24.3 Å². The number of aromatic hydroxyl groups is 1. The number of benzene rings is 3. The molecule has 4 aromatic rings. The minimum atomic E-state index is -4.20. The Morgan fingerprint density at radius 3 is 2.63 bits per heavy atom. The summed E-state index contributed by atoms with van der Waals surface area (Å²) >= 11 is 1.06. The van der Waals surface area contributed by atoms with Crippen LogP contribution in [0, 0.1) is 5.82 Å². The second-order valence-electron chi connectivity index (χ2n) is 6.10. The van der Waals surface area contributed by atoms with Crippen LogP contribution in [0.25, 0.3) is 10.8 Å².